The van der Waals surface area contributed by atoms with E-state index in [9.17, 15) is 14.7 Å². The molecule has 0 atom stereocenters. The first-order chi connectivity index (χ1) is 12.1. The number of benzene rings is 1. The molecule has 2 N–H and O–H groups in total. The molecule has 1 aromatic heterocycles. The number of nitrogens with zero attached hydrogens (tertiary/aromatic N) is 1. The Morgan fingerprint density at radius 3 is 2.64 bits per heavy atom. The third kappa shape index (κ3) is 4.22. The van der Waals surface area contributed by atoms with Gasteiger partial charge in [-0.2, -0.15) is 0 Å². The van der Waals surface area contributed by atoms with Gasteiger partial charge in [-0.15, -0.1) is 11.8 Å². The molecule has 1 fully saturated rings. The first-order valence-electron chi connectivity index (χ1n) is 8.21. The minimum atomic E-state index is -1.08. The first-order valence-corrected chi connectivity index (χ1v) is 9.36. The van der Waals surface area contributed by atoms with E-state index in [1.807, 2.05) is 30.3 Å². The van der Waals surface area contributed by atoms with Crippen LogP contribution in [0.15, 0.2) is 41.0 Å². The zero-order valence-corrected chi connectivity index (χ0v) is 14.6. The molecule has 7 heteroatoms. The highest BCUT2D eigenvalue weighted by molar-refractivity contribution is 7.99. The van der Waals surface area contributed by atoms with Crippen LogP contribution in [-0.2, 0) is 15.3 Å². The third-order valence-electron chi connectivity index (χ3n) is 4.30. The molecular weight excluding hydrogens is 340 g/mol. The lowest BCUT2D eigenvalue weighted by molar-refractivity contribution is -0.147. The van der Waals surface area contributed by atoms with E-state index in [0.717, 1.165) is 24.1 Å². The lowest BCUT2D eigenvalue weighted by Crippen LogP contribution is -2.53. The largest absolute Gasteiger partial charge is 0.480 e. The Kier molecular flexibility index (Phi) is 5.43. The van der Waals surface area contributed by atoms with Crippen LogP contribution >= 0.6 is 11.8 Å². The zero-order valence-electron chi connectivity index (χ0n) is 13.7. The molecule has 0 unspecified atom stereocenters. The monoisotopic (exact) mass is 360 g/mol. The number of hydrogen-bond acceptors (Lipinski definition) is 5. The second-order valence-electron chi connectivity index (χ2n) is 6.15. The summed E-state index contributed by atoms with van der Waals surface area (Å²) in [6, 6.07) is 9.60. The van der Waals surface area contributed by atoms with Crippen molar-refractivity contribution in [2.24, 2.45) is 0 Å². The number of carbonyl (C=O) groups is 2. The standard InChI is InChI=1S/C18H20N2O4S/c21-15(20-18(17(22)23)8-4-5-9-18)12-25-11-14-10-24-16(19-14)13-6-2-1-3-7-13/h1-3,6-7,10H,4-5,8-9,11-12H2,(H,20,21)(H,22,23). The quantitative estimate of drug-likeness (QED) is 0.788. The molecular formula is C18H20N2O4S. The Bertz CT molecular complexity index is 739. The van der Waals surface area contributed by atoms with Crippen molar-refractivity contribution in [3.63, 3.8) is 0 Å². The van der Waals surface area contributed by atoms with E-state index in [1.165, 1.54) is 11.8 Å². The van der Waals surface area contributed by atoms with Crippen molar-refractivity contribution in [2.75, 3.05) is 5.75 Å². The van der Waals surface area contributed by atoms with Gasteiger partial charge in [0.05, 0.1) is 11.4 Å². The Morgan fingerprint density at radius 2 is 1.96 bits per heavy atom. The molecule has 0 saturated heterocycles. The SMILES string of the molecule is O=C(CSCc1coc(-c2ccccc2)n1)NC1(C(=O)O)CCCC1. The van der Waals surface area contributed by atoms with Crippen molar-refractivity contribution in [2.45, 2.75) is 37.0 Å². The van der Waals surface area contributed by atoms with Crippen LogP contribution < -0.4 is 5.32 Å². The zero-order chi connectivity index (χ0) is 17.7. The number of aliphatic carboxylic acids is 1. The predicted octanol–water partition coefficient (Wildman–Crippen LogP) is 3.09. The van der Waals surface area contributed by atoms with Crippen LogP contribution in [0.5, 0.6) is 0 Å². The molecule has 132 valence electrons. The second-order valence-corrected chi connectivity index (χ2v) is 7.13. The molecule has 1 aliphatic carbocycles. The Morgan fingerprint density at radius 1 is 1.24 bits per heavy atom. The van der Waals surface area contributed by atoms with E-state index in [0.29, 0.717) is 24.5 Å². The molecule has 1 amide bonds. The van der Waals surface area contributed by atoms with Crippen LogP contribution in [0.1, 0.15) is 31.4 Å². The topological polar surface area (TPSA) is 92.4 Å². The van der Waals surface area contributed by atoms with Crippen LogP contribution in [0.4, 0.5) is 0 Å². The smallest absolute Gasteiger partial charge is 0.329 e. The number of carboxylic acid groups (broad SMARTS) is 1. The summed E-state index contributed by atoms with van der Waals surface area (Å²) in [5.41, 5.74) is 0.582. The Labute approximate surface area is 150 Å². The summed E-state index contributed by atoms with van der Waals surface area (Å²) in [6.45, 7) is 0. The van der Waals surface area contributed by atoms with Gasteiger partial charge in [-0.25, -0.2) is 9.78 Å². The fourth-order valence-corrected chi connectivity index (χ4v) is 3.71. The van der Waals surface area contributed by atoms with Crippen molar-refractivity contribution < 1.29 is 19.1 Å². The summed E-state index contributed by atoms with van der Waals surface area (Å²) in [4.78, 5) is 27.9. The van der Waals surface area contributed by atoms with Gasteiger partial charge in [-0.1, -0.05) is 31.0 Å². The lowest BCUT2D eigenvalue weighted by Gasteiger charge is -2.25. The summed E-state index contributed by atoms with van der Waals surface area (Å²) < 4.78 is 5.46. The molecule has 0 bridgehead atoms. The molecule has 0 radical (unpaired) electrons. The van der Waals surface area contributed by atoms with E-state index < -0.39 is 11.5 Å². The molecule has 2 aromatic rings. The number of rotatable bonds is 7. The minimum absolute atomic E-state index is 0.197. The lowest BCUT2D eigenvalue weighted by atomic mass is 9.98. The van der Waals surface area contributed by atoms with Crippen LogP contribution in [0, 0.1) is 0 Å². The van der Waals surface area contributed by atoms with Crippen molar-refractivity contribution in [3.05, 3.63) is 42.3 Å². The van der Waals surface area contributed by atoms with E-state index >= 15 is 0 Å². The number of hydrogen-bond donors (Lipinski definition) is 2. The molecule has 0 spiro atoms. The highest BCUT2D eigenvalue weighted by Crippen LogP contribution is 2.30. The molecule has 6 nitrogen and oxygen atoms in total. The summed E-state index contributed by atoms with van der Waals surface area (Å²) in [6.07, 6.45) is 4.26. The molecule has 3 rings (SSSR count). The molecule has 1 heterocycles. The summed E-state index contributed by atoms with van der Waals surface area (Å²) >= 11 is 1.39. The van der Waals surface area contributed by atoms with Gasteiger partial charge in [-0.3, -0.25) is 4.79 Å². The molecule has 1 aliphatic rings. The molecule has 1 aromatic carbocycles. The van der Waals surface area contributed by atoms with Gasteiger partial charge in [-0.05, 0) is 25.0 Å². The number of oxazole rings is 1. The van der Waals surface area contributed by atoms with E-state index in [4.69, 9.17) is 4.42 Å². The fourth-order valence-electron chi connectivity index (χ4n) is 3.01. The van der Waals surface area contributed by atoms with Crippen molar-refractivity contribution in [1.82, 2.24) is 10.3 Å². The molecule has 25 heavy (non-hydrogen) atoms. The van der Waals surface area contributed by atoms with E-state index in [1.54, 1.807) is 6.26 Å². The van der Waals surface area contributed by atoms with Gasteiger partial charge in [0, 0.05) is 11.3 Å². The Hall–Kier alpha value is -2.28. The highest BCUT2D eigenvalue weighted by Gasteiger charge is 2.42. The summed E-state index contributed by atoms with van der Waals surface area (Å²) in [7, 11) is 0. The van der Waals surface area contributed by atoms with Crippen molar-refractivity contribution in [3.8, 4) is 11.5 Å². The number of carbonyl (C=O) groups excluding carboxylic acids is 1. The van der Waals surface area contributed by atoms with Gasteiger partial charge in [0.2, 0.25) is 11.8 Å². The van der Waals surface area contributed by atoms with E-state index in [-0.39, 0.29) is 11.7 Å². The van der Waals surface area contributed by atoms with Gasteiger partial charge in [0.25, 0.3) is 0 Å². The number of aromatic nitrogens is 1. The van der Waals surface area contributed by atoms with Gasteiger partial charge >= 0.3 is 5.97 Å². The third-order valence-corrected chi connectivity index (χ3v) is 5.27. The van der Waals surface area contributed by atoms with Crippen molar-refractivity contribution >= 4 is 23.6 Å². The molecule has 0 aliphatic heterocycles. The second kappa shape index (κ2) is 7.74. The van der Waals surface area contributed by atoms with Crippen molar-refractivity contribution in [1.29, 1.82) is 0 Å². The fraction of sp³-hybridized carbons (Fsp3) is 0.389. The first kappa shape index (κ1) is 17.5. The number of amides is 1. The number of thioether (sulfide) groups is 1. The minimum Gasteiger partial charge on any atom is -0.480 e. The summed E-state index contributed by atoms with van der Waals surface area (Å²) in [5, 5.41) is 12.1. The van der Waals surface area contributed by atoms with Crippen LogP contribution in [-0.4, -0.2) is 33.3 Å². The average Bonchev–Trinajstić information content (AvgIpc) is 3.26. The molecule has 1 saturated carbocycles. The highest BCUT2D eigenvalue weighted by atomic mass is 32.2. The normalized spacial score (nSPS) is 15.8. The predicted molar refractivity (Wildman–Crippen MR) is 95.1 cm³/mol. The van der Waals surface area contributed by atoms with Crippen LogP contribution in [0.3, 0.4) is 0 Å². The van der Waals surface area contributed by atoms with Crippen LogP contribution in [0.25, 0.3) is 11.5 Å². The van der Waals surface area contributed by atoms with Gasteiger partial charge in [0.1, 0.15) is 11.8 Å². The maximum absolute atomic E-state index is 12.1. The average molecular weight is 360 g/mol. The van der Waals surface area contributed by atoms with Crippen LogP contribution in [0.2, 0.25) is 0 Å². The number of carboxylic acids is 1. The van der Waals surface area contributed by atoms with E-state index in [2.05, 4.69) is 10.3 Å². The van der Waals surface area contributed by atoms with Gasteiger partial charge in [0.15, 0.2) is 0 Å². The maximum Gasteiger partial charge on any atom is 0.329 e. The maximum atomic E-state index is 12.1. The number of nitrogens with one attached hydrogen (secondary N) is 1. The Balaban J connectivity index is 1.49. The van der Waals surface area contributed by atoms with Gasteiger partial charge < -0.3 is 14.8 Å². The summed E-state index contributed by atoms with van der Waals surface area (Å²) in [5.74, 6) is 0.0942.